The highest BCUT2D eigenvalue weighted by atomic mass is 19.4. The lowest BCUT2D eigenvalue weighted by Crippen LogP contribution is -2.43. The van der Waals surface area contributed by atoms with Crippen LogP contribution in [0, 0.1) is 5.92 Å². The number of benzene rings is 1. The molecular weight excluding hydrogens is 451 g/mol. The second-order valence-corrected chi connectivity index (χ2v) is 8.69. The first kappa shape index (κ1) is 25.6. The van der Waals surface area contributed by atoms with E-state index in [-0.39, 0.29) is 18.4 Å². The van der Waals surface area contributed by atoms with Crippen LogP contribution in [-0.4, -0.2) is 48.9 Å². The Labute approximate surface area is 196 Å². The highest BCUT2D eigenvalue weighted by Gasteiger charge is 2.37. The molecule has 2 N–H and O–H groups in total. The average molecular weight is 482 g/mol. The van der Waals surface area contributed by atoms with Crippen LogP contribution in [0.4, 0.5) is 19.0 Å². The van der Waals surface area contributed by atoms with Gasteiger partial charge in [-0.25, -0.2) is 9.78 Å². The minimum absolute atomic E-state index is 0.0624. The summed E-state index contributed by atoms with van der Waals surface area (Å²) in [5.41, 5.74) is -1.26. The van der Waals surface area contributed by atoms with E-state index >= 15 is 0 Å². The minimum Gasteiger partial charge on any atom is -0.493 e. The summed E-state index contributed by atoms with van der Waals surface area (Å²) >= 11 is 0. The van der Waals surface area contributed by atoms with Gasteiger partial charge in [-0.3, -0.25) is 0 Å². The van der Waals surface area contributed by atoms with Gasteiger partial charge >= 0.3 is 12.1 Å². The van der Waals surface area contributed by atoms with Crippen LogP contribution in [-0.2, 0) is 12.7 Å². The number of methoxy groups -OCH3 is 1. The molecule has 0 unspecified atom stereocenters. The standard InChI is InChI=1S/C24H30F3N3O4/c1-15(2)14-34-21-10-16(4-5-20(21)33-3)13-30(17-6-8-28-9-7-17)22-11-19(24(25,26)27)18(12-29-22)23(31)32/h4-5,10-12,15,17,28H,6-9,13-14H2,1-3H3,(H,31,32). The van der Waals surface area contributed by atoms with Crippen molar-refractivity contribution in [3.05, 3.63) is 47.2 Å². The lowest BCUT2D eigenvalue weighted by Gasteiger charge is -2.36. The van der Waals surface area contributed by atoms with E-state index in [4.69, 9.17) is 9.47 Å². The van der Waals surface area contributed by atoms with Crippen LogP contribution >= 0.6 is 0 Å². The summed E-state index contributed by atoms with van der Waals surface area (Å²) in [5, 5.41) is 12.5. The second kappa shape index (κ2) is 10.9. The first-order valence-corrected chi connectivity index (χ1v) is 11.2. The van der Waals surface area contributed by atoms with Crippen LogP contribution in [0.5, 0.6) is 11.5 Å². The fourth-order valence-electron chi connectivity index (χ4n) is 3.91. The van der Waals surface area contributed by atoms with E-state index < -0.39 is 23.3 Å². The van der Waals surface area contributed by atoms with E-state index in [9.17, 15) is 23.1 Å². The van der Waals surface area contributed by atoms with Gasteiger partial charge in [0, 0.05) is 18.8 Å². The molecule has 1 aromatic carbocycles. The second-order valence-electron chi connectivity index (χ2n) is 8.69. The number of nitrogens with one attached hydrogen (secondary N) is 1. The van der Waals surface area contributed by atoms with Gasteiger partial charge in [0.05, 0.1) is 24.8 Å². The summed E-state index contributed by atoms with van der Waals surface area (Å²) < 4.78 is 52.2. The smallest absolute Gasteiger partial charge is 0.417 e. The summed E-state index contributed by atoms with van der Waals surface area (Å²) in [7, 11) is 1.55. The minimum atomic E-state index is -4.82. The molecule has 34 heavy (non-hydrogen) atoms. The first-order chi connectivity index (χ1) is 16.1. The Balaban J connectivity index is 2.00. The largest absolute Gasteiger partial charge is 0.493 e. The van der Waals surface area contributed by atoms with Gasteiger partial charge in [0.15, 0.2) is 11.5 Å². The van der Waals surface area contributed by atoms with Gasteiger partial charge in [-0.2, -0.15) is 13.2 Å². The average Bonchev–Trinajstić information content (AvgIpc) is 2.80. The van der Waals surface area contributed by atoms with Crippen molar-refractivity contribution in [3.63, 3.8) is 0 Å². The number of carboxylic acid groups (broad SMARTS) is 1. The number of piperidine rings is 1. The van der Waals surface area contributed by atoms with Crippen molar-refractivity contribution in [3.8, 4) is 11.5 Å². The van der Waals surface area contributed by atoms with Crippen molar-refractivity contribution >= 4 is 11.8 Å². The number of pyridine rings is 1. The van der Waals surface area contributed by atoms with Crippen LogP contribution < -0.4 is 19.7 Å². The molecule has 0 aliphatic carbocycles. The van der Waals surface area contributed by atoms with E-state index in [2.05, 4.69) is 10.3 Å². The molecule has 1 saturated heterocycles. The number of carbonyl (C=O) groups is 1. The molecule has 1 fully saturated rings. The third kappa shape index (κ3) is 6.31. The molecule has 2 aromatic rings. The maximum Gasteiger partial charge on any atom is 0.417 e. The number of nitrogens with zero attached hydrogens (tertiary/aromatic N) is 2. The Morgan fingerprint density at radius 3 is 2.53 bits per heavy atom. The molecule has 0 radical (unpaired) electrons. The van der Waals surface area contributed by atoms with E-state index in [1.165, 1.54) is 0 Å². The Hall–Kier alpha value is -3.01. The maximum atomic E-state index is 13.7. The third-order valence-corrected chi connectivity index (χ3v) is 5.62. The highest BCUT2D eigenvalue weighted by Crippen LogP contribution is 2.36. The number of ether oxygens (including phenoxy) is 2. The van der Waals surface area contributed by atoms with Gasteiger partial charge in [0.25, 0.3) is 0 Å². The first-order valence-electron chi connectivity index (χ1n) is 11.2. The quantitative estimate of drug-likeness (QED) is 0.542. The summed E-state index contributed by atoms with van der Waals surface area (Å²) in [6.45, 7) is 6.28. The molecule has 0 amide bonds. The number of carboxylic acids is 1. The van der Waals surface area contributed by atoms with Gasteiger partial charge < -0.3 is 24.8 Å². The van der Waals surface area contributed by atoms with Crippen LogP contribution in [0.3, 0.4) is 0 Å². The van der Waals surface area contributed by atoms with Crippen molar-refractivity contribution in [1.29, 1.82) is 0 Å². The van der Waals surface area contributed by atoms with Crippen LogP contribution in [0.15, 0.2) is 30.5 Å². The van der Waals surface area contributed by atoms with Crippen LogP contribution in [0.2, 0.25) is 0 Å². The molecule has 0 saturated carbocycles. The van der Waals surface area contributed by atoms with E-state index in [0.717, 1.165) is 43.8 Å². The fraction of sp³-hybridized carbons (Fsp3) is 0.500. The lowest BCUT2D eigenvalue weighted by molar-refractivity contribution is -0.138. The highest BCUT2D eigenvalue weighted by molar-refractivity contribution is 5.89. The number of anilines is 1. The zero-order valence-electron chi connectivity index (χ0n) is 19.5. The van der Waals surface area contributed by atoms with Crippen LogP contribution in [0.25, 0.3) is 0 Å². The SMILES string of the molecule is COc1ccc(CN(c2cc(C(F)(F)F)c(C(=O)O)cn2)C2CCNCC2)cc1OCC(C)C. The zero-order valence-corrected chi connectivity index (χ0v) is 19.5. The third-order valence-electron chi connectivity index (χ3n) is 5.62. The van der Waals surface area contributed by atoms with Crippen LogP contribution in [0.1, 0.15) is 48.2 Å². The monoisotopic (exact) mass is 481 g/mol. The molecule has 1 aromatic heterocycles. The fourth-order valence-corrected chi connectivity index (χ4v) is 3.91. The van der Waals surface area contributed by atoms with Gasteiger partial charge in [-0.15, -0.1) is 0 Å². The van der Waals surface area contributed by atoms with Crippen molar-refractivity contribution in [1.82, 2.24) is 10.3 Å². The van der Waals surface area contributed by atoms with Crippen molar-refractivity contribution in [2.45, 2.75) is 45.5 Å². The lowest BCUT2D eigenvalue weighted by atomic mass is 10.0. The molecule has 0 bridgehead atoms. The molecule has 1 aliphatic rings. The predicted octanol–water partition coefficient (Wildman–Crippen LogP) is 4.60. The predicted molar refractivity (Wildman–Crippen MR) is 122 cm³/mol. The van der Waals surface area contributed by atoms with Gasteiger partial charge in [-0.05, 0) is 55.6 Å². The molecular formula is C24H30F3N3O4. The number of rotatable bonds is 9. The Bertz CT molecular complexity index is 992. The molecule has 3 rings (SSSR count). The summed E-state index contributed by atoms with van der Waals surface area (Å²) in [6.07, 6.45) is -2.59. The van der Waals surface area contributed by atoms with E-state index in [1.54, 1.807) is 13.2 Å². The number of hydrogen-bond donors (Lipinski definition) is 2. The molecule has 186 valence electrons. The molecule has 0 atom stereocenters. The molecule has 7 nitrogen and oxygen atoms in total. The summed E-state index contributed by atoms with van der Waals surface area (Å²) in [6, 6.07) is 6.21. The molecule has 2 heterocycles. The Morgan fingerprint density at radius 2 is 1.94 bits per heavy atom. The number of hydrogen-bond acceptors (Lipinski definition) is 6. The Morgan fingerprint density at radius 1 is 1.24 bits per heavy atom. The zero-order chi connectivity index (χ0) is 24.9. The molecule has 1 aliphatic heterocycles. The number of aromatic carboxylic acids is 1. The van der Waals surface area contributed by atoms with E-state index in [0.29, 0.717) is 24.0 Å². The van der Waals surface area contributed by atoms with Crippen molar-refractivity contribution in [2.24, 2.45) is 5.92 Å². The Kier molecular flexibility index (Phi) is 8.24. The van der Waals surface area contributed by atoms with Gasteiger partial charge in [0.2, 0.25) is 0 Å². The van der Waals surface area contributed by atoms with Crippen molar-refractivity contribution < 1.29 is 32.5 Å². The molecule has 10 heteroatoms. The van der Waals surface area contributed by atoms with E-state index in [1.807, 2.05) is 30.9 Å². The number of alkyl halides is 3. The summed E-state index contributed by atoms with van der Waals surface area (Å²) in [5.74, 6) is -0.144. The molecule has 0 spiro atoms. The normalized spacial score (nSPS) is 14.8. The topological polar surface area (TPSA) is 83.9 Å². The van der Waals surface area contributed by atoms with Gasteiger partial charge in [-0.1, -0.05) is 19.9 Å². The maximum absolute atomic E-state index is 13.7. The summed E-state index contributed by atoms with van der Waals surface area (Å²) in [4.78, 5) is 17.3. The number of aromatic nitrogens is 1. The number of halogens is 3. The van der Waals surface area contributed by atoms with Gasteiger partial charge in [0.1, 0.15) is 5.82 Å². The van der Waals surface area contributed by atoms with Crippen molar-refractivity contribution in [2.75, 3.05) is 31.7 Å².